The highest BCUT2D eigenvalue weighted by molar-refractivity contribution is 4.87. The lowest BCUT2D eigenvalue weighted by Gasteiger charge is -2.14. The molecule has 0 aliphatic carbocycles. The molecule has 1 fully saturated rings. The first-order chi connectivity index (χ1) is 6.83. The summed E-state index contributed by atoms with van der Waals surface area (Å²) in [6.07, 6.45) is 4.20. The van der Waals surface area contributed by atoms with E-state index in [4.69, 9.17) is 4.74 Å². The molecule has 2 aliphatic rings. The Balaban J connectivity index is 0.000000146. The minimum atomic E-state index is 0.889. The molecule has 82 valence electrons. The van der Waals surface area contributed by atoms with E-state index >= 15 is 0 Å². The van der Waals surface area contributed by atoms with Crippen LogP contribution in [-0.2, 0) is 4.74 Å². The summed E-state index contributed by atoms with van der Waals surface area (Å²) in [5, 5.41) is 3.16. The van der Waals surface area contributed by atoms with Crippen molar-refractivity contribution in [2.45, 2.75) is 6.92 Å². The minimum Gasteiger partial charge on any atom is -0.379 e. The van der Waals surface area contributed by atoms with Crippen molar-refractivity contribution in [1.82, 2.24) is 15.1 Å². The van der Waals surface area contributed by atoms with Gasteiger partial charge in [-0.1, -0.05) is 0 Å². The second-order valence-corrected chi connectivity index (χ2v) is 3.46. The topological polar surface area (TPSA) is 27.7 Å². The van der Waals surface area contributed by atoms with E-state index in [9.17, 15) is 0 Å². The maximum Gasteiger partial charge on any atom is 0.0890 e. The molecule has 0 radical (unpaired) electrons. The van der Waals surface area contributed by atoms with Crippen molar-refractivity contribution in [3.63, 3.8) is 0 Å². The van der Waals surface area contributed by atoms with Crippen LogP contribution in [0.15, 0.2) is 12.4 Å². The van der Waals surface area contributed by atoms with Gasteiger partial charge in [-0.05, 0) is 6.92 Å². The van der Waals surface area contributed by atoms with E-state index in [1.807, 2.05) is 0 Å². The van der Waals surface area contributed by atoms with Crippen LogP contribution < -0.4 is 5.32 Å². The van der Waals surface area contributed by atoms with Crippen LogP contribution in [0.5, 0.6) is 0 Å². The average molecular weight is 199 g/mol. The van der Waals surface area contributed by atoms with Crippen LogP contribution in [0.25, 0.3) is 0 Å². The van der Waals surface area contributed by atoms with Crippen molar-refractivity contribution in [2.75, 3.05) is 46.6 Å². The quantitative estimate of drug-likeness (QED) is 0.657. The highest BCUT2D eigenvalue weighted by Gasteiger charge is 2.03. The number of hydrogen-bond donors (Lipinski definition) is 1. The minimum absolute atomic E-state index is 0.889. The maximum atomic E-state index is 5.01. The lowest BCUT2D eigenvalue weighted by molar-refractivity contribution is 0.109. The van der Waals surface area contributed by atoms with Gasteiger partial charge in [-0.25, -0.2) is 0 Å². The summed E-state index contributed by atoms with van der Waals surface area (Å²) in [4.78, 5) is 4.41. The van der Waals surface area contributed by atoms with Crippen molar-refractivity contribution >= 4 is 0 Å². The summed E-state index contributed by atoms with van der Waals surface area (Å²) in [5.41, 5.74) is 0. The first-order valence-corrected chi connectivity index (χ1v) is 5.24. The van der Waals surface area contributed by atoms with Gasteiger partial charge in [0.05, 0.1) is 19.9 Å². The van der Waals surface area contributed by atoms with Crippen molar-refractivity contribution in [3.05, 3.63) is 12.4 Å². The number of rotatable bonds is 1. The molecule has 14 heavy (non-hydrogen) atoms. The van der Waals surface area contributed by atoms with Gasteiger partial charge in [0.2, 0.25) is 0 Å². The third kappa shape index (κ3) is 4.48. The Kier molecular flexibility index (Phi) is 5.40. The first kappa shape index (κ1) is 11.3. The van der Waals surface area contributed by atoms with Gasteiger partial charge >= 0.3 is 0 Å². The van der Waals surface area contributed by atoms with Crippen LogP contribution in [0.4, 0.5) is 0 Å². The van der Waals surface area contributed by atoms with Crippen LogP contribution in [-0.4, -0.2) is 56.4 Å². The summed E-state index contributed by atoms with van der Waals surface area (Å²) >= 11 is 0. The van der Waals surface area contributed by atoms with Gasteiger partial charge in [-0.2, -0.15) is 0 Å². The SMILES string of the molecule is C1COCCN1.CCN1C=CN(C)C1. The molecule has 0 saturated carbocycles. The smallest absolute Gasteiger partial charge is 0.0890 e. The Morgan fingerprint density at radius 1 is 1.29 bits per heavy atom. The molecule has 0 unspecified atom stereocenters. The molecule has 1 N–H and O–H groups in total. The van der Waals surface area contributed by atoms with E-state index in [0.717, 1.165) is 39.5 Å². The van der Waals surface area contributed by atoms with E-state index in [1.54, 1.807) is 0 Å². The molecule has 4 nitrogen and oxygen atoms in total. The van der Waals surface area contributed by atoms with E-state index in [1.165, 1.54) is 0 Å². The molecule has 0 aromatic carbocycles. The Morgan fingerprint density at radius 3 is 2.21 bits per heavy atom. The fraction of sp³-hybridized carbons (Fsp3) is 0.800. The van der Waals surface area contributed by atoms with Crippen molar-refractivity contribution in [1.29, 1.82) is 0 Å². The number of nitrogens with zero attached hydrogens (tertiary/aromatic N) is 2. The molecular weight excluding hydrogens is 178 g/mol. The fourth-order valence-electron chi connectivity index (χ4n) is 1.31. The number of nitrogens with one attached hydrogen (secondary N) is 1. The summed E-state index contributed by atoms with van der Waals surface area (Å²) in [5.74, 6) is 0. The molecule has 0 amide bonds. The fourth-order valence-corrected chi connectivity index (χ4v) is 1.31. The second-order valence-electron chi connectivity index (χ2n) is 3.46. The molecule has 0 spiro atoms. The van der Waals surface area contributed by atoms with Gasteiger partial charge < -0.3 is 19.9 Å². The summed E-state index contributed by atoms with van der Waals surface area (Å²) in [7, 11) is 2.08. The van der Waals surface area contributed by atoms with Gasteiger partial charge in [0.1, 0.15) is 0 Å². The molecule has 0 bridgehead atoms. The lowest BCUT2D eigenvalue weighted by Crippen LogP contribution is -2.30. The largest absolute Gasteiger partial charge is 0.379 e. The lowest BCUT2D eigenvalue weighted by atomic mass is 10.5. The Bertz CT molecular complexity index is 157. The van der Waals surface area contributed by atoms with Crippen molar-refractivity contribution in [3.8, 4) is 0 Å². The number of hydrogen-bond acceptors (Lipinski definition) is 4. The monoisotopic (exact) mass is 199 g/mol. The molecule has 0 atom stereocenters. The van der Waals surface area contributed by atoms with E-state index in [2.05, 4.69) is 41.5 Å². The summed E-state index contributed by atoms with van der Waals surface area (Å²) in [6, 6.07) is 0. The first-order valence-electron chi connectivity index (χ1n) is 5.24. The van der Waals surface area contributed by atoms with Crippen LogP contribution in [0.3, 0.4) is 0 Å². The highest BCUT2D eigenvalue weighted by Crippen LogP contribution is 2.00. The predicted molar refractivity (Wildman–Crippen MR) is 57.8 cm³/mol. The van der Waals surface area contributed by atoms with Crippen molar-refractivity contribution < 1.29 is 4.74 Å². The third-order valence-corrected chi connectivity index (χ3v) is 2.19. The zero-order chi connectivity index (χ0) is 10.2. The second kappa shape index (κ2) is 6.68. The van der Waals surface area contributed by atoms with Crippen LogP contribution in [0, 0.1) is 0 Å². The zero-order valence-corrected chi connectivity index (χ0v) is 9.20. The van der Waals surface area contributed by atoms with E-state index < -0.39 is 0 Å². The Hall–Kier alpha value is -0.740. The molecule has 4 heteroatoms. The van der Waals surface area contributed by atoms with Gasteiger partial charge in [0.25, 0.3) is 0 Å². The highest BCUT2D eigenvalue weighted by atomic mass is 16.5. The van der Waals surface area contributed by atoms with Gasteiger partial charge in [-0.15, -0.1) is 0 Å². The van der Waals surface area contributed by atoms with Gasteiger partial charge in [-0.3, -0.25) is 0 Å². The summed E-state index contributed by atoms with van der Waals surface area (Å²) in [6.45, 7) is 8.15. The van der Waals surface area contributed by atoms with Crippen LogP contribution in [0.1, 0.15) is 6.92 Å². The Morgan fingerprint density at radius 2 is 2.00 bits per heavy atom. The molecular formula is C10H21N3O. The van der Waals surface area contributed by atoms with Crippen LogP contribution >= 0.6 is 0 Å². The third-order valence-electron chi connectivity index (χ3n) is 2.19. The Labute approximate surface area is 86.5 Å². The van der Waals surface area contributed by atoms with E-state index in [-0.39, 0.29) is 0 Å². The van der Waals surface area contributed by atoms with Crippen molar-refractivity contribution in [2.24, 2.45) is 0 Å². The standard InChI is InChI=1S/C6H12N2.C4H9NO/c1-3-8-5-4-7(2)6-8;1-3-6-4-2-5-1/h4-5H,3,6H2,1-2H3;5H,1-4H2. The normalized spacial score (nSPS) is 20.7. The maximum absolute atomic E-state index is 5.01. The molecule has 0 aromatic heterocycles. The molecule has 2 rings (SSSR count). The van der Waals surface area contributed by atoms with Crippen LogP contribution in [0.2, 0.25) is 0 Å². The molecule has 2 heterocycles. The molecule has 1 saturated heterocycles. The molecule has 2 aliphatic heterocycles. The van der Waals surface area contributed by atoms with Gasteiger partial charge in [0.15, 0.2) is 0 Å². The number of morpholine rings is 1. The predicted octanol–water partition coefficient (Wildman–Crippen LogP) is 0.289. The average Bonchev–Trinajstić information content (AvgIpc) is 2.68. The van der Waals surface area contributed by atoms with Gasteiger partial charge in [0, 0.05) is 39.1 Å². The van der Waals surface area contributed by atoms with E-state index in [0.29, 0.717) is 0 Å². The molecule has 0 aromatic rings. The zero-order valence-electron chi connectivity index (χ0n) is 9.20. The number of ether oxygens (including phenoxy) is 1. The summed E-state index contributed by atoms with van der Waals surface area (Å²) < 4.78 is 5.01.